The molecule has 2 nitrogen and oxygen atoms in total. The van der Waals surface area contributed by atoms with Gasteiger partial charge in [-0.25, -0.2) is 0 Å². The standard InChI is InChI=1S/C18H36N2/c1-6-11-19-16-9-10-18(4,5)12-17(16)20(14(2)3)13-15-7-8-15/h14-17,19H,6-13H2,1-5H3. The minimum absolute atomic E-state index is 0.520. The first-order chi connectivity index (χ1) is 9.43. The molecule has 2 aliphatic rings. The Morgan fingerprint density at radius 2 is 1.90 bits per heavy atom. The van der Waals surface area contributed by atoms with Gasteiger partial charge in [-0.1, -0.05) is 20.8 Å². The Bertz CT molecular complexity index is 294. The molecule has 0 aliphatic heterocycles. The summed E-state index contributed by atoms with van der Waals surface area (Å²) in [5.41, 5.74) is 0.520. The van der Waals surface area contributed by atoms with Gasteiger partial charge in [0.15, 0.2) is 0 Å². The van der Waals surface area contributed by atoms with Crippen LogP contribution in [-0.2, 0) is 0 Å². The Morgan fingerprint density at radius 1 is 1.20 bits per heavy atom. The third-order valence-corrected chi connectivity index (χ3v) is 5.27. The van der Waals surface area contributed by atoms with E-state index >= 15 is 0 Å². The molecule has 0 aromatic rings. The van der Waals surface area contributed by atoms with Crippen molar-refractivity contribution in [2.75, 3.05) is 13.1 Å². The van der Waals surface area contributed by atoms with Crippen LogP contribution in [0.15, 0.2) is 0 Å². The molecule has 2 atom stereocenters. The van der Waals surface area contributed by atoms with Crippen LogP contribution in [-0.4, -0.2) is 36.1 Å². The molecule has 0 amide bonds. The van der Waals surface area contributed by atoms with Crippen molar-refractivity contribution < 1.29 is 0 Å². The van der Waals surface area contributed by atoms with E-state index in [1.54, 1.807) is 0 Å². The molecule has 2 rings (SSSR count). The predicted octanol–water partition coefficient (Wildman–Crippen LogP) is 4.05. The second-order valence-corrected chi connectivity index (χ2v) is 8.27. The first-order valence-electron chi connectivity index (χ1n) is 8.92. The number of hydrogen-bond acceptors (Lipinski definition) is 2. The fourth-order valence-electron chi connectivity index (χ4n) is 3.79. The van der Waals surface area contributed by atoms with E-state index in [9.17, 15) is 0 Å². The average Bonchev–Trinajstić information content (AvgIpc) is 3.17. The van der Waals surface area contributed by atoms with Crippen molar-refractivity contribution in [1.82, 2.24) is 10.2 Å². The zero-order valence-corrected chi connectivity index (χ0v) is 14.4. The highest BCUT2D eigenvalue weighted by Gasteiger charge is 2.40. The first-order valence-corrected chi connectivity index (χ1v) is 8.92. The first kappa shape index (κ1) is 16.3. The van der Waals surface area contributed by atoms with Crippen LogP contribution in [0.5, 0.6) is 0 Å². The van der Waals surface area contributed by atoms with Crippen molar-refractivity contribution in [3.8, 4) is 0 Å². The van der Waals surface area contributed by atoms with Crippen molar-refractivity contribution in [3.05, 3.63) is 0 Å². The predicted molar refractivity (Wildman–Crippen MR) is 88.1 cm³/mol. The van der Waals surface area contributed by atoms with Crippen molar-refractivity contribution in [1.29, 1.82) is 0 Å². The molecule has 20 heavy (non-hydrogen) atoms. The molecule has 2 saturated carbocycles. The molecule has 0 spiro atoms. The summed E-state index contributed by atoms with van der Waals surface area (Å²) in [5.74, 6) is 0.995. The van der Waals surface area contributed by atoms with E-state index in [0.29, 0.717) is 17.5 Å². The van der Waals surface area contributed by atoms with Crippen LogP contribution in [0, 0.1) is 11.3 Å². The van der Waals surface area contributed by atoms with Gasteiger partial charge in [0, 0.05) is 24.7 Å². The lowest BCUT2D eigenvalue weighted by molar-refractivity contribution is 0.0416. The smallest absolute Gasteiger partial charge is 0.0257 e. The summed E-state index contributed by atoms with van der Waals surface area (Å²) in [6, 6.07) is 2.13. The van der Waals surface area contributed by atoms with Crippen molar-refractivity contribution in [2.45, 2.75) is 91.3 Å². The Balaban J connectivity index is 2.05. The molecule has 2 unspecified atom stereocenters. The number of nitrogens with zero attached hydrogens (tertiary/aromatic N) is 1. The summed E-state index contributed by atoms with van der Waals surface area (Å²) in [7, 11) is 0. The van der Waals surface area contributed by atoms with Crippen LogP contribution in [0.4, 0.5) is 0 Å². The highest BCUT2D eigenvalue weighted by molar-refractivity contribution is 4.96. The SMILES string of the molecule is CCCNC1CCC(C)(C)CC1N(CC1CC1)C(C)C. The molecule has 0 aromatic carbocycles. The van der Waals surface area contributed by atoms with Gasteiger partial charge in [0.1, 0.15) is 0 Å². The summed E-state index contributed by atoms with van der Waals surface area (Å²) in [4.78, 5) is 2.83. The molecule has 0 radical (unpaired) electrons. The Labute approximate surface area is 126 Å². The monoisotopic (exact) mass is 280 g/mol. The van der Waals surface area contributed by atoms with Crippen LogP contribution in [0.2, 0.25) is 0 Å². The van der Waals surface area contributed by atoms with Crippen LogP contribution in [0.1, 0.15) is 73.1 Å². The lowest BCUT2D eigenvalue weighted by Gasteiger charge is -2.48. The summed E-state index contributed by atoms with van der Waals surface area (Å²) in [5, 5.41) is 3.85. The molecule has 118 valence electrons. The van der Waals surface area contributed by atoms with Gasteiger partial charge in [-0.05, 0) is 70.3 Å². The van der Waals surface area contributed by atoms with Crippen LogP contribution in [0.3, 0.4) is 0 Å². The van der Waals surface area contributed by atoms with Gasteiger partial charge in [0.2, 0.25) is 0 Å². The van der Waals surface area contributed by atoms with E-state index in [1.165, 1.54) is 51.6 Å². The third kappa shape index (κ3) is 4.46. The van der Waals surface area contributed by atoms with Crippen molar-refractivity contribution >= 4 is 0 Å². The number of hydrogen-bond donors (Lipinski definition) is 1. The molecule has 2 fully saturated rings. The lowest BCUT2D eigenvalue weighted by atomic mass is 9.72. The van der Waals surface area contributed by atoms with E-state index in [0.717, 1.165) is 12.0 Å². The Morgan fingerprint density at radius 3 is 2.45 bits per heavy atom. The topological polar surface area (TPSA) is 15.3 Å². The van der Waals surface area contributed by atoms with E-state index in [4.69, 9.17) is 0 Å². The van der Waals surface area contributed by atoms with Gasteiger partial charge in [0.25, 0.3) is 0 Å². The normalized spacial score (nSPS) is 30.1. The summed E-state index contributed by atoms with van der Waals surface area (Å²) in [6.45, 7) is 14.5. The van der Waals surface area contributed by atoms with Crippen molar-refractivity contribution in [3.63, 3.8) is 0 Å². The number of rotatable bonds is 7. The summed E-state index contributed by atoms with van der Waals surface area (Å²) < 4.78 is 0. The van der Waals surface area contributed by atoms with Crippen molar-refractivity contribution in [2.24, 2.45) is 11.3 Å². The fourth-order valence-corrected chi connectivity index (χ4v) is 3.79. The molecule has 0 heterocycles. The van der Waals surface area contributed by atoms with E-state index in [-0.39, 0.29) is 0 Å². The van der Waals surface area contributed by atoms with Crippen LogP contribution < -0.4 is 5.32 Å². The van der Waals surface area contributed by atoms with Crippen LogP contribution >= 0.6 is 0 Å². The maximum absolute atomic E-state index is 3.85. The minimum atomic E-state index is 0.520. The average molecular weight is 280 g/mol. The fraction of sp³-hybridized carbons (Fsp3) is 1.00. The largest absolute Gasteiger partial charge is 0.312 e. The Kier molecular flexibility index (Phi) is 5.53. The second kappa shape index (κ2) is 6.79. The van der Waals surface area contributed by atoms with Gasteiger partial charge in [-0.3, -0.25) is 4.90 Å². The van der Waals surface area contributed by atoms with E-state index in [2.05, 4.69) is 44.8 Å². The maximum Gasteiger partial charge on any atom is 0.0257 e. The Hall–Kier alpha value is -0.0800. The minimum Gasteiger partial charge on any atom is -0.312 e. The van der Waals surface area contributed by atoms with Gasteiger partial charge in [-0.2, -0.15) is 0 Å². The molecule has 0 saturated heterocycles. The highest BCUT2D eigenvalue weighted by Crippen LogP contribution is 2.40. The second-order valence-electron chi connectivity index (χ2n) is 8.27. The molecule has 2 aliphatic carbocycles. The van der Waals surface area contributed by atoms with Crippen LogP contribution in [0.25, 0.3) is 0 Å². The molecular formula is C18H36N2. The molecule has 2 heteroatoms. The van der Waals surface area contributed by atoms with Gasteiger partial charge in [-0.15, -0.1) is 0 Å². The lowest BCUT2D eigenvalue weighted by Crippen LogP contribution is -2.57. The molecule has 0 bridgehead atoms. The quantitative estimate of drug-likeness (QED) is 0.757. The third-order valence-electron chi connectivity index (χ3n) is 5.27. The summed E-state index contributed by atoms with van der Waals surface area (Å²) in [6.07, 6.45) is 8.26. The molecule has 0 aromatic heterocycles. The zero-order valence-electron chi connectivity index (χ0n) is 14.4. The van der Waals surface area contributed by atoms with E-state index < -0.39 is 0 Å². The van der Waals surface area contributed by atoms with Gasteiger partial charge < -0.3 is 5.32 Å². The molecule has 1 N–H and O–H groups in total. The van der Waals surface area contributed by atoms with Gasteiger partial charge in [0.05, 0.1) is 0 Å². The molecular weight excluding hydrogens is 244 g/mol. The zero-order chi connectivity index (χ0) is 14.8. The van der Waals surface area contributed by atoms with Gasteiger partial charge >= 0.3 is 0 Å². The number of nitrogens with one attached hydrogen (secondary N) is 1. The summed E-state index contributed by atoms with van der Waals surface area (Å²) >= 11 is 0. The van der Waals surface area contributed by atoms with E-state index in [1.807, 2.05) is 0 Å². The maximum atomic E-state index is 3.85. The highest BCUT2D eigenvalue weighted by atomic mass is 15.2.